The molecule has 0 saturated heterocycles. The number of hydrogen-bond acceptors (Lipinski definition) is 4. The SMILES string of the molecule is Nc1cccc(NC(=O)CCn2cc(F)c(=O)[nH]c2=O)c1. The molecule has 0 aliphatic heterocycles. The highest BCUT2D eigenvalue weighted by Gasteiger charge is 2.07. The first-order valence-corrected chi connectivity index (χ1v) is 6.10. The molecule has 1 aromatic carbocycles. The molecule has 1 aromatic heterocycles. The van der Waals surface area contributed by atoms with Crippen molar-refractivity contribution in [1.29, 1.82) is 0 Å². The molecule has 2 aromatic rings. The van der Waals surface area contributed by atoms with Crippen LogP contribution in [0.5, 0.6) is 0 Å². The van der Waals surface area contributed by atoms with Crippen molar-refractivity contribution in [2.75, 3.05) is 11.1 Å². The fourth-order valence-corrected chi connectivity index (χ4v) is 1.71. The van der Waals surface area contributed by atoms with Gasteiger partial charge in [-0.25, -0.2) is 4.79 Å². The minimum absolute atomic E-state index is 0.0549. The Kier molecular flexibility index (Phi) is 4.17. The number of aromatic amines is 1. The van der Waals surface area contributed by atoms with Gasteiger partial charge in [-0.3, -0.25) is 19.1 Å². The summed E-state index contributed by atoms with van der Waals surface area (Å²) in [5, 5.41) is 2.60. The van der Waals surface area contributed by atoms with Gasteiger partial charge in [-0.2, -0.15) is 4.39 Å². The van der Waals surface area contributed by atoms with Gasteiger partial charge in [0.05, 0.1) is 6.20 Å². The lowest BCUT2D eigenvalue weighted by Crippen LogP contribution is -2.32. The molecule has 4 N–H and O–H groups in total. The Balaban J connectivity index is 2.00. The summed E-state index contributed by atoms with van der Waals surface area (Å²) in [4.78, 5) is 35.8. The maximum absolute atomic E-state index is 13.1. The van der Waals surface area contributed by atoms with Gasteiger partial charge < -0.3 is 11.1 Å². The molecule has 0 aliphatic rings. The predicted molar refractivity (Wildman–Crippen MR) is 75.4 cm³/mol. The molecule has 0 unspecified atom stereocenters. The average molecular weight is 292 g/mol. The summed E-state index contributed by atoms with van der Waals surface area (Å²) in [5.74, 6) is -1.44. The van der Waals surface area contributed by atoms with Crippen molar-refractivity contribution < 1.29 is 9.18 Å². The van der Waals surface area contributed by atoms with E-state index in [0.717, 1.165) is 10.8 Å². The minimum Gasteiger partial charge on any atom is -0.399 e. The summed E-state index contributed by atoms with van der Waals surface area (Å²) in [6.45, 7) is -0.0549. The minimum atomic E-state index is -1.08. The van der Waals surface area contributed by atoms with Gasteiger partial charge in [0, 0.05) is 24.3 Å². The Bertz CT molecular complexity index is 781. The van der Waals surface area contributed by atoms with Crippen LogP contribution in [0, 0.1) is 5.82 Å². The van der Waals surface area contributed by atoms with E-state index in [9.17, 15) is 18.8 Å². The van der Waals surface area contributed by atoms with E-state index in [1.54, 1.807) is 24.3 Å². The van der Waals surface area contributed by atoms with Crippen LogP contribution in [-0.2, 0) is 11.3 Å². The molecule has 0 aliphatic carbocycles. The highest BCUT2D eigenvalue weighted by molar-refractivity contribution is 5.91. The Hall–Kier alpha value is -2.90. The van der Waals surface area contributed by atoms with Crippen LogP contribution < -0.4 is 22.3 Å². The van der Waals surface area contributed by atoms with Crippen molar-refractivity contribution >= 4 is 17.3 Å². The summed E-state index contributed by atoms with van der Waals surface area (Å²) >= 11 is 0. The lowest BCUT2D eigenvalue weighted by molar-refractivity contribution is -0.116. The first-order valence-electron chi connectivity index (χ1n) is 6.10. The van der Waals surface area contributed by atoms with E-state index in [0.29, 0.717) is 11.4 Å². The summed E-state index contributed by atoms with van der Waals surface area (Å²) in [6.07, 6.45) is 0.717. The van der Waals surface area contributed by atoms with Crippen LogP contribution in [0.3, 0.4) is 0 Å². The van der Waals surface area contributed by atoms with Gasteiger partial charge in [0.25, 0.3) is 5.56 Å². The topological polar surface area (TPSA) is 110 Å². The normalized spacial score (nSPS) is 10.3. The van der Waals surface area contributed by atoms with E-state index in [-0.39, 0.29) is 18.9 Å². The molecule has 1 amide bonds. The molecule has 110 valence electrons. The fraction of sp³-hybridized carbons (Fsp3) is 0.154. The van der Waals surface area contributed by atoms with Crippen LogP contribution in [0.1, 0.15) is 6.42 Å². The molecule has 21 heavy (non-hydrogen) atoms. The molecular weight excluding hydrogens is 279 g/mol. The van der Waals surface area contributed by atoms with Gasteiger partial charge in [-0.15, -0.1) is 0 Å². The van der Waals surface area contributed by atoms with Crippen LogP contribution >= 0.6 is 0 Å². The molecule has 8 heteroatoms. The highest BCUT2D eigenvalue weighted by atomic mass is 19.1. The third kappa shape index (κ3) is 3.78. The standard InChI is InChI=1S/C13H13FN4O3/c14-10-7-18(13(21)17-12(10)20)5-4-11(19)16-9-3-1-2-8(15)6-9/h1-3,6-7H,4-5,15H2,(H,16,19)(H,17,20,21). The molecule has 0 saturated carbocycles. The number of nitrogens with one attached hydrogen (secondary N) is 2. The number of H-pyrrole nitrogens is 1. The molecule has 0 atom stereocenters. The maximum atomic E-state index is 13.1. The zero-order valence-electron chi connectivity index (χ0n) is 10.9. The number of aromatic nitrogens is 2. The second-order valence-corrected chi connectivity index (χ2v) is 4.35. The van der Waals surface area contributed by atoms with E-state index >= 15 is 0 Å². The summed E-state index contributed by atoms with van der Waals surface area (Å²) in [5.41, 5.74) is 4.76. The van der Waals surface area contributed by atoms with Gasteiger partial charge in [0.1, 0.15) is 0 Å². The van der Waals surface area contributed by atoms with Crippen LogP contribution in [0.4, 0.5) is 15.8 Å². The Morgan fingerprint density at radius 3 is 2.86 bits per heavy atom. The quantitative estimate of drug-likeness (QED) is 0.703. The van der Waals surface area contributed by atoms with Crippen LogP contribution in [0.2, 0.25) is 0 Å². The molecule has 1 heterocycles. The van der Waals surface area contributed by atoms with Gasteiger partial charge in [0.15, 0.2) is 0 Å². The van der Waals surface area contributed by atoms with E-state index in [4.69, 9.17) is 5.73 Å². The molecule has 0 spiro atoms. The largest absolute Gasteiger partial charge is 0.399 e. The van der Waals surface area contributed by atoms with Gasteiger partial charge >= 0.3 is 5.69 Å². The van der Waals surface area contributed by atoms with Gasteiger partial charge in [0.2, 0.25) is 11.7 Å². The van der Waals surface area contributed by atoms with E-state index in [2.05, 4.69) is 5.32 Å². The zero-order chi connectivity index (χ0) is 15.4. The average Bonchev–Trinajstić information content (AvgIpc) is 2.41. The molecule has 2 rings (SSSR count). The number of halogens is 1. The number of rotatable bonds is 4. The Morgan fingerprint density at radius 2 is 2.14 bits per heavy atom. The van der Waals surface area contributed by atoms with Crippen molar-refractivity contribution in [1.82, 2.24) is 9.55 Å². The lowest BCUT2D eigenvalue weighted by atomic mass is 10.2. The molecule has 0 fully saturated rings. The lowest BCUT2D eigenvalue weighted by Gasteiger charge is -2.07. The van der Waals surface area contributed by atoms with Gasteiger partial charge in [-0.05, 0) is 18.2 Å². The van der Waals surface area contributed by atoms with Crippen molar-refractivity contribution in [3.63, 3.8) is 0 Å². The number of benzene rings is 1. The Morgan fingerprint density at radius 1 is 1.38 bits per heavy atom. The molecule has 0 bridgehead atoms. The number of nitrogens with zero attached hydrogens (tertiary/aromatic N) is 1. The monoisotopic (exact) mass is 292 g/mol. The number of carbonyl (C=O) groups is 1. The second-order valence-electron chi connectivity index (χ2n) is 4.35. The fourth-order valence-electron chi connectivity index (χ4n) is 1.71. The predicted octanol–water partition coefficient (Wildman–Crippen LogP) is 0.287. The van der Waals surface area contributed by atoms with Crippen LogP contribution in [0.15, 0.2) is 40.1 Å². The smallest absolute Gasteiger partial charge is 0.328 e. The van der Waals surface area contributed by atoms with Crippen molar-refractivity contribution in [3.8, 4) is 0 Å². The molecule has 0 radical (unpaired) electrons. The number of nitrogen functional groups attached to an aromatic ring is 1. The van der Waals surface area contributed by atoms with Crippen molar-refractivity contribution in [2.45, 2.75) is 13.0 Å². The number of carbonyl (C=O) groups excluding carboxylic acids is 1. The third-order valence-electron chi connectivity index (χ3n) is 2.72. The number of hydrogen-bond donors (Lipinski definition) is 3. The van der Waals surface area contributed by atoms with E-state index < -0.39 is 17.1 Å². The van der Waals surface area contributed by atoms with Crippen LogP contribution in [0.25, 0.3) is 0 Å². The van der Waals surface area contributed by atoms with Crippen molar-refractivity contribution in [3.05, 3.63) is 57.1 Å². The summed E-state index contributed by atoms with van der Waals surface area (Å²) in [6, 6.07) is 6.62. The number of nitrogens with two attached hydrogens (primary N) is 1. The first kappa shape index (κ1) is 14.5. The van der Waals surface area contributed by atoms with Crippen molar-refractivity contribution in [2.24, 2.45) is 0 Å². The van der Waals surface area contributed by atoms with E-state index in [1.165, 1.54) is 0 Å². The van der Waals surface area contributed by atoms with Gasteiger partial charge in [-0.1, -0.05) is 6.07 Å². The van der Waals surface area contributed by atoms with E-state index in [1.807, 2.05) is 4.98 Å². The maximum Gasteiger partial charge on any atom is 0.328 e. The number of amides is 1. The zero-order valence-corrected chi connectivity index (χ0v) is 10.9. The summed E-state index contributed by atoms with van der Waals surface area (Å²) < 4.78 is 14.0. The molecular formula is C13H13FN4O3. The van der Waals surface area contributed by atoms with Crippen LogP contribution in [-0.4, -0.2) is 15.5 Å². The number of aryl methyl sites for hydroxylation is 1. The molecule has 7 nitrogen and oxygen atoms in total. The third-order valence-corrected chi connectivity index (χ3v) is 2.72. The highest BCUT2D eigenvalue weighted by Crippen LogP contribution is 2.11. The Labute approximate surface area is 118 Å². The number of anilines is 2. The first-order chi connectivity index (χ1) is 9.95. The summed E-state index contributed by atoms with van der Waals surface area (Å²) in [7, 11) is 0. The second kappa shape index (κ2) is 6.04.